The van der Waals surface area contributed by atoms with Crippen LogP contribution in [0.3, 0.4) is 0 Å². The minimum Gasteiger partial charge on any atom is -0.508 e. The lowest BCUT2D eigenvalue weighted by Crippen LogP contribution is -2.05. The first-order valence-corrected chi connectivity index (χ1v) is 5.98. The number of methoxy groups -OCH3 is 1. The average Bonchev–Trinajstić information content (AvgIpc) is 2.36. The van der Waals surface area contributed by atoms with E-state index in [9.17, 15) is 15.0 Å². The van der Waals surface area contributed by atoms with Gasteiger partial charge in [0.1, 0.15) is 33.8 Å². The Labute approximate surface area is 113 Å². The van der Waals surface area contributed by atoms with Crippen molar-refractivity contribution >= 4 is 21.9 Å². The standard InChI is InChI=1S/C15H12O5/c1-7-3-8(16)5-11-13(7)15(18)14-10(19-2)4-9(17)6-12(14)20-11/h3-6,16-17H,1-2H3. The Kier molecular flexibility index (Phi) is 2.57. The van der Waals surface area contributed by atoms with Crippen molar-refractivity contribution < 1.29 is 19.4 Å². The number of phenolic OH excluding ortho intramolecular Hbond substituents is 2. The van der Waals surface area contributed by atoms with Gasteiger partial charge in [-0.1, -0.05) is 0 Å². The van der Waals surface area contributed by atoms with Crippen molar-refractivity contribution in [2.45, 2.75) is 6.92 Å². The number of phenols is 2. The lowest BCUT2D eigenvalue weighted by molar-refractivity contribution is 0.411. The van der Waals surface area contributed by atoms with E-state index in [-0.39, 0.29) is 39.2 Å². The summed E-state index contributed by atoms with van der Waals surface area (Å²) < 4.78 is 10.7. The molecule has 0 aliphatic heterocycles. The smallest absolute Gasteiger partial charge is 0.204 e. The van der Waals surface area contributed by atoms with Crippen LogP contribution in [0.2, 0.25) is 0 Å². The molecular formula is C15H12O5. The van der Waals surface area contributed by atoms with Gasteiger partial charge in [-0.3, -0.25) is 4.79 Å². The maximum Gasteiger partial charge on any atom is 0.204 e. The highest BCUT2D eigenvalue weighted by molar-refractivity contribution is 5.95. The Morgan fingerprint density at radius 1 is 1.00 bits per heavy atom. The van der Waals surface area contributed by atoms with E-state index in [2.05, 4.69) is 0 Å². The number of rotatable bonds is 1. The van der Waals surface area contributed by atoms with Gasteiger partial charge in [-0.25, -0.2) is 0 Å². The highest BCUT2D eigenvalue weighted by Crippen LogP contribution is 2.32. The third kappa shape index (κ3) is 1.67. The van der Waals surface area contributed by atoms with Crippen LogP contribution in [0.4, 0.5) is 0 Å². The van der Waals surface area contributed by atoms with Gasteiger partial charge in [0.2, 0.25) is 5.43 Å². The van der Waals surface area contributed by atoms with Crippen molar-refractivity contribution in [3.8, 4) is 17.2 Å². The van der Waals surface area contributed by atoms with Gasteiger partial charge in [0.25, 0.3) is 0 Å². The normalized spacial score (nSPS) is 11.1. The predicted octanol–water partition coefficient (Wildman–Crippen LogP) is 2.67. The number of hydrogen-bond acceptors (Lipinski definition) is 5. The zero-order valence-electron chi connectivity index (χ0n) is 10.9. The number of ether oxygens (including phenoxy) is 1. The summed E-state index contributed by atoms with van der Waals surface area (Å²) in [6.07, 6.45) is 0. The molecule has 20 heavy (non-hydrogen) atoms. The van der Waals surface area contributed by atoms with Crippen LogP contribution in [0, 0.1) is 6.92 Å². The van der Waals surface area contributed by atoms with Crippen molar-refractivity contribution in [1.82, 2.24) is 0 Å². The van der Waals surface area contributed by atoms with Gasteiger partial charge in [-0.2, -0.15) is 0 Å². The molecule has 3 rings (SSSR count). The molecular weight excluding hydrogens is 260 g/mol. The molecule has 0 fully saturated rings. The molecule has 102 valence electrons. The van der Waals surface area contributed by atoms with Crippen LogP contribution in [0.15, 0.2) is 33.5 Å². The first-order valence-electron chi connectivity index (χ1n) is 5.98. The van der Waals surface area contributed by atoms with Gasteiger partial charge in [-0.05, 0) is 18.6 Å². The van der Waals surface area contributed by atoms with Crippen molar-refractivity contribution in [2.75, 3.05) is 7.11 Å². The first kappa shape index (κ1) is 12.3. The summed E-state index contributed by atoms with van der Waals surface area (Å²) >= 11 is 0. The molecule has 0 spiro atoms. The molecule has 1 aromatic heterocycles. The Morgan fingerprint density at radius 2 is 1.60 bits per heavy atom. The van der Waals surface area contributed by atoms with E-state index in [1.54, 1.807) is 6.92 Å². The summed E-state index contributed by atoms with van der Waals surface area (Å²) in [7, 11) is 1.42. The Morgan fingerprint density at radius 3 is 2.25 bits per heavy atom. The van der Waals surface area contributed by atoms with E-state index < -0.39 is 0 Å². The number of hydrogen-bond donors (Lipinski definition) is 2. The molecule has 0 atom stereocenters. The summed E-state index contributed by atoms with van der Waals surface area (Å²) in [5, 5.41) is 19.9. The molecule has 3 aromatic rings. The molecule has 0 saturated carbocycles. The molecule has 2 aromatic carbocycles. The number of aromatic hydroxyl groups is 2. The minimum absolute atomic E-state index is 0.0182. The summed E-state index contributed by atoms with van der Waals surface area (Å²) in [5.74, 6) is 0.210. The predicted molar refractivity (Wildman–Crippen MR) is 74.6 cm³/mol. The molecule has 0 aliphatic rings. The van der Waals surface area contributed by atoms with Crippen LogP contribution >= 0.6 is 0 Å². The van der Waals surface area contributed by atoms with E-state index >= 15 is 0 Å². The number of aryl methyl sites for hydroxylation is 1. The lowest BCUT2D eigenvalue weighted by atomic mass is 10.1. The lowest BCUT2D eigenvalue weighted by Gasteiger charge is -2.08. The number of fused-ring (bicyclic) bond motifs is 2. The van der Waals surface area contributed by atoms with Gasteiger partial charge in [0, 0.05) is 18.2 Å². The summed E-state index contributed by atoms with van der Waals surface area (Å²) in [6, 6.07) is 5.58. The monoisotopic (exact) mass is 272 g/mol. The highest BCUT2D eigenvalue weighted by Gasteiger charge is 2.15. The first-order chi connectivity index (χ1) is 9.51. The molecule has 0 unspecified atom stereocenters. The molecule has 5 heteroatoms. The zero-order valence-corrected chi connectivity index (χ0v) is 10.9. The fraction of sp³-hybridized carbons (Fsp3) is 0.133. The average molecular weight is 272 g/mol. The van der Waals surface area contributed by atoms with E-state index in [1.807, 2.05) is 0 Å². The number of benzene rings is 2. The fourth-order valence-corrected chi connectivity index (χ4v) is 2.39. The largest absolute Gasteiger partial charge is 0.508 e. The third-order valence-corrected chi connectivity index (χ3v) is 3.23. The van der Waals surface area contributed by atoms with Gasteiger partial charge in [-0.15, -0.1) is 0 Å². The van der Waals surface area contributed by atoms with Crippen molar-refractivity contribution in [1.29, 1.82) is 0 Å². The van der Waals surface area contributed by atoms with Crippen LogP contribution in [0.1, 0.15) is 5.56 Å². The van der Waals surface area contributed by atoms with Gasteiger partial charge < -0.3 is 19.4 Å². The second kappa shape index (κ2) is 4.16. The Hall–Kier alpha value is -2.69. The molecule has 0 saturated heterocycles. The van der Waals surface area contributed by atoms with Gasteiger partial charge in [0.05, 0.1) is 12.5 Å². The van der Waals surface area contributed by atoms with Gasteiger partial charge in [0.15, 0.2) is 0 Å². The molecule has 5 nitrogen and oxygen atoms in total. The quantitative estimate of drug-likeness (QED) is 0.666. The summed E-state index contributed by atoms with van der Waals surface area (Å²) in [4.78, 5) is 12.6. The van der Waals surface area contributed by atoms with E-state index in [4.69, 9.17) is 9.15 Å². The third-order valence-electron chi connectivity index (χ3n) is 3.23. The van der Waals surface area contributed by atoms with Crippen LogP contribution in [0.5, 0.6) is 17.2 Å². The highest BCUT2D eigenvalue weighted by atomic mass is 16.5. The molecule has 0 aliphatic carbocycles. The molecule has 2 N–H and O–H groups in total. The van der Waals surface area contributed by atoms with Crippen molar-refractivity contribution in [3.05, 3.63) is 40.1 Å². The second-order valence-electron chi connectivity index (χ2n) is 4.59. The summed E-state index contributed by atoms with van der Waals surface area (Å²) in [5.41, 5.74) is 0.846. The maximum atomic E-state index is 12.6. The van der Waals surface area contributed by atoms with E-state index in [1.165, 1.54) is 31.4 Å². The topological polar surface area (TPSA) is 79.9 Å². The van der Waals surface area contributed by atoms with Crippen LogP contribution < -0.4 is 10.2 Å². The molecule has 0 amide bonds. The second-order valence-corrected chi connectivity index (χ2v) is 4.59. The van der Waals surface area contributed by atoms with E-state index in [0.29, 0.717) is 10.9 Å². The van der Waals surface area contributed by atoms with Gasteiger partial charge >= 0.3 is 0 Å². The maximum absolute atomic E-state index is 12.6. The molecule has 1 heterocycles. The minimum atomic E-state index is -0.254. The van der Waals surface area contributed by atoms with Crippen LogP contribution in [0.25, 0.3) is 21.9 Å². The summed E-state index contributed by atoms with van der Waals surface area (Å²) in [6.45, 7) is 1.72. The zero-order chi connectivity index (χ0) is 14.4. The SMILES string of the molecule is COc1cc(O)cc2oc3cc(O)cc(C)c3c(=O)c12. The van der Waals surface area contributed by atoms with Crippen molar-refractivity contribution in [2.24, 2.45) is 0 Å². The Bertz CT molecular complexity index is 892. The molecule has 0 bridgehead atoms. The van der Waals surface area contributed by atoms with E-state index in [0.717, 1.165) is 0 Å². The molecule has 0 radical (unpaired) electrons. The fourth-order valence-electron chi connectivity index (χ4n) is 2.39. The van der Waals surface area contributed by atoms with Crippen molar-refractivity contribution in [3.63, 3.8) is 0 Å². The van der Waals surface area contributed by atoms with Crippen LogP contribution in [-0.2, 0) is 0 Å². The van der Waals surface area contributed by atoms with Crippen LogP contribution in [-0.4, -0.2) is 17.3 Å². The Balaban J connectivity index is 2.61.